The van der Waals surface area contributed by atoms with Gasteiger partial charge in [0.25, 0.3) is 0 Å². The SMILES string of the molecule is CC(CCNC(=O)/C=C/c1ccc(Cl)cc1)C(=O)O. The average Bonchev–Trinajstić information content (AvgIpc) is 2.37. The molecule has 19 heavy (non-hydrogen) atoms. The molecule has 0 bridgehead atoms. The lowest BCUT2D eigenvalue weighted by atomic mass is 10.1. The van der Waals surface area contributed by atoms with Crippen molar-refractivity contribution in [2.75, 3.05) is 6.54 Å². The number of nitrogens with one attached hydrogen (secondary N) is 1. The predicted molar refractivity (Wildman–Crippen MR) is 74.9 cm³/mol. The maximum atomic E-state index is 11.5. The molecule has 1 amide bonds. The molecule has 1 unspecified atom stereocenters. The normalized spacial score (nSPS) is 12.3. The second-order valence-corrected chi connectivity index (χ2v) is 4.64. The molecule has 4 nitrogen and oxygen atoms in total. The summed E-state index contributed by atoms with van der Waals surface area (Å²) in [6.45, 7) is 1.95. The topological polar surface area (TPSA) is 66.4 Å². The van der Waals surface area contributed by atoms with Crippen LogP contribution in [0.2, 0.25) is 5.02 Å². The molecule has 1 aromatic carbocycles. The monoisotopic (exact) mass is 281 g/mol. The Morgan fingerprint density at radius 2 is 2.00 bits per heavy atom. The van der Waals surface area contributed by atoms with Crippen molar-refractivity contribution in [1.82, 2.24) is 5.32 Å². The highest BCUT2D eigenvalue weighted by Gasteiger charge is 2.09. The highest BCUT2D eigenvalue weighted by Crippen LogP contribution is 2.10. The zero-order valence-corrected chi connectivity index (χ0v) is 11.4. The largest absolute Gasteiger partial charge is 0.481 e. The van der Waals surface area contributed by atoms with E-state index in [1.165, 1.54) is 6.08 Å². The first-order valence-corrected chi connectivity index (χ1v) is 6.31. The van der Waals surface area contributed by atoms with Crippen molar-refractivity contribution in [2.24, 2.45) is 5.92 Å². The lowest BCUT2D eigenvalue weighted by molar-refractivity contribution is -0.141. The Hall–Kier alpha value is -1.81. The number of carboxylic acid groups (broad SMARTS) is 1. The number of hydrogen-bond donors (Lipinski definition) is 2. The molecule has 0 aliphatic heterocycles. The van der Waals surface area contributed by atoms with Crippen molar-refractivity contribution in [3.05, 3.63) is 40.9 Å². The molecular formula is C14H16ClNO3. The van der Waals surface area contributed by atoms with Gasteiger partial charge in [0.1, 0.15) is 0 Å². The van der Waals surface area contributed by atoms with Crippen LogP contribution in [0.1, 0.15) is 18.9 Å². The van der Waals surface area contributed by atoms with E-state index < -0.39 is 11.9 Å². The van der Waals surface area contributed by atoms with Gasteiger partial charge in [0.2, 0.25) is 5.91 Å². The first-order chi connectivity index (χ1) is 8.99. The lowest BCUT2D eigenvalue weighted by Crippen LogP contribution is -2.25. The number of rotatable bonds is 6. The first-order valence-electron chi connectivity index (χ1n) is 5.93. The predicted octanol–water partition coefficient (Wildman–Crippen LogP) is 2.58. The Morgan fingerprint density at radius 3 is 2.58 bits per heavy atom. The van der Waals surface area contributed by atoms with Crippen molar-refractivity contribution in [2.45, 2.75) is 13.3 Å². The molecule has 0 fully saturated rings. The van der Waals surface area contributed by atoms with E-state index in [2.05, 4.69) is 5.32 Å². The van der Waals surface area contributed by atoms with E-state index >= 15 is 0 Å². The van der Waals surface area contributed by atoms with E-state index in [4.69, 9.17) is 16.7 Å². The fourth-order valence-electron chi connectivity index (χ4n) is 1.34. The van der Waals surface area contributed by atoms with Gasteiger partial charge in [-0.15, -0.1) is 0 Å². The van der Waals surface area contributed by atoms with Gasteiger partial charge >= 0.3 is 5.97 Å². The fraction of sp³-hybridized carbons (Fsp3) is 0.286. The van der Waals surface area contributed by atoms with Crippen molar-refractivity contribution in [3.8, 4) is 0 Å². The summed E-state index contributed by atoms with van der Waals surface area (Å²) < 4.78 is 0. The van der Waals surface area contributed by atoms with Crippen LogP contribution < -0.4 is 5.32 Å². The lowest BCUT2D eigenvalue weighted by Gasteiger charge is -2.05. The summed E-state index contributed by atoms with van der Waals surface area (Å²) in [7, 11) is 0. The smallest absolute Gasteiger partial charge is 0.306 e. The van der Waals surface area contributed by atoms with Crippen molar-refractivity contribution in [3.63, 3.8) is 0 Å². The Kier molecular flexibility index (Phi) is 6.09. The second-order valence-electron chi connectivity index (χ2n) is 4.20. The number of benzene rings is 1. The number of carbonyl (C=O) groups is 2. The van der Waals surface area contributed by atoms with Crippen LogP contribution >= 0.6 is 11.6 Å². The highest BCUT2D eigenvalue weighted by molar-refractivity contribution is 6.30. The molecule has 0 radical (unpaired) electrons. The van der Waals surface area contributed by atoms with Gasteiger partial charge in [-0.05, 0) is 30.2 Å². The number of aliphatic carboxylic acids is 1. The number of amides is 1. The second kappa shape index (κ2) is 7.59. The van der Waals surface area contributed by atoms with Gasteiger partial charge in [-0.1, -0.05) is 30.7 Å². The Morgan fingerprint density at radius 1 is 1.37 bits per heavy atom. The summed E-state index contributed by atoms with van der Waals surface area (Å²) in [6, 6.07) is 7.10. The number of carboxylic acids is 1. The van der Waals surface area contributed by atoms with Gasteiger partial charge < -0.3 is 10.4 Å². The Bertz CT molecular complexity index is 468. The zero-order chi connectivity index (χ0) is 14.3. The third kappa shape index (κ3) is 6.06. The maximum Gasteiger partial charge on any atom is 0.306 e. The molecule has 102 valence electrons. The van der Waals surface area contributed by atoms with Crippen LogP contribution in [0.25, 0.3) is 6.08 Å². The van der Waals surface area contributed by atoms with Gasteiger partial charge in [-0.25, -0.2) is 0 Å². The molecule has 0 saturated heterocycles. The summed E-state index contributed by atoms with van der Waals surface area (Å²) in [4.78, 5) is 22.0. The summed E-state index contributed by atoms with van der Waals surface area (Å²) >= 11 is 5.75. The molecule has 0 aromatic heterocycles. The van der Waals surface area contributed by atoms with Crippen LogP contribution in [0.4, 0.5) is 0 Å². The molecular weight excluding hydrogens is 266 g/mol. The van der Waals surface area contributed by atoms with Crippen LogP contribution in [-0.4, -0.2) is 23.5 Å². The molecule has 0 aliphatic rings. The number of halogens is 1. The van der Waals surface area contributed by atoms with Gasteiger partial charge in [-0.2, -0.15) is 0 Å². The molecule has 1 rings (SSSR count). The number of carbonyl (C=O) groups excluding carboxylic acids is 1. The minimum atomic E-state index is -0.856. The van der Waals surface area contributed by atoms with Crippen LogP contribution in [0, 0.1) is 5.92 Å². The third-order valence-electron chi connectivity index (χ3n) is 2.60. The van der Waals surface area contributed by atoms with Crippen LogP contribution in [-0.2, 0) is 9.59 Å². The van der Waals surface area contributed by atoms with Crippen molar-refractivity contribution < 1.29 is 14.7 Å². The molecule has 5 heteroatoms. The molecule has 0 saturated carbocycles. The molecule has 1 atom stereocenters. The minimum absolute atomic E-state index is 0.243. The molecule has 0 spiro atoms. The maximum absolute atomic E-state index is 11.5. The quantitative estimate of drug-likeness (QED) is 0.788. The minimum Gasteiger partial charge on any atom is -0.481 e. The average molecular weight is 282 g/mol. The van der Waals surface area contributed by atoms with Gasteiger partial charge in [-0.3, -0.25) is 9.59 Å². The Balaban J connectivity index is 2.35. The van der Waals surface area contributed by atoms with Gasteiger partial charge in [0, 0.05) is 17.6 Å². The number of hydrogen-bond acceptors (Lipinski definition) is 2. The van der Waals surface area contributed by atoms with Crippen LogP contribution in [0.5, 0.6) is 0 Å². The molecule has 2 N–H and O–H groups in total. The van der Waals surface area contributed by atoms with Crippen LogP contribution in [0.15, 0.2) is 30.3 Å². The van der Waals surface area contributed by atoms with E-state index in [9.17, 15) is 9.59 Å². The third-order valence-corrected chi connectivity index (χ3v) is 2.85. The van der Waals surface area contributed by atoms with E-state index in [1.54, 1.807) is 37.3 Å². The Labute approximate surface area is 117 Å². The molecule has 1 aromatic rings. The van der Waals surface area contributed by atoms with Crippen molar-refractivity contribution >= 4 is 29.6 Å². The highest BCUT2D eigenvalue weighted by atomic mass is 35.5. The van der Waals surface area contributed by atoms with Crippen molar-refractivity contribution in [1.29, 1.82) is 0 Å². The fourth-order valence-corrected chi connectivity index (χ4v) is 1.47. The molecule has 0 aliphatic carbocycles. The summed E-state index contributed by atoms with van der Waals surface area (Å²) in [5.41, 5.74) is 0.874. The van der Waals surface area contributed by atoms with E-state index in [0.717, 1.165) is 5.56 Å². The summed E-state index contributed by atoms with van der Waals surface area (Å²) in [5.74, 6) is -1.56. The van der Waals surface area contributed by atoms with Crippen LogP contribution in [0.3, 0.4) is 0 Å². The first kappa shape index (κ1) is 15.2. The standard InChI is InChI=1S/C14H16ClNO3/c1-10(14(18)19)8-9-16-13(17)7-4-11-2-5-12(15)6-3-11/h2-7,10H,8-9H2,1H3,(H,16,17)(H,18,19)/b7-4+. The summed E-state index contributed by atoms with van der Waals surface area (Å²) in [6.07, 6.45) is 3.50. The summed E-state index contributed by atoms with van der Waals surface area (Å²) in [5, 5.41) is 12.0. The van der Waals surface area contributed by atoms with E-state index in [-0.39, 0.29) is 5.91 Å². The zero-order valence-electron chi connectivity index (χ0n) is 10.6. The molecule has 0 heterocycles. The van der Waals surface area contributed by atoms with E-state index in [1.807, 2.05) is 0 Å². The van der Waals surface area contributed by atoms with E-state index in [0.29, 0.717) is 18.0 Å². The van der Waals surface area contributed by atoms with Gasteiger partial charge in [0.05, 0.1) is 5.92 Å². The van der Waals surface area contributed by atoms with Gasteiger partial charge in [0.15, 0.2) is 0 Å².